The van der Waals surface area contributed by atoms with Crippen LogP contribution in [0.4, 0.5) is 0 Å². The largest absolute Gasteiger partial charge is 0.478 e. The number of hydrogen-bond acceptors (Lipinski definition) is 2. The van der Waals surface area contributed by atoms with Crippen molar-refractivity contribution >= 4 is 11.9 Å². The van der Waals surface area contributed by atoms with Crippen molar-refractivity contribution < 1.29 is 14.7 Å². The molecule has 4 heteroatoms. The first kappa shape index (κ1) is 18.4. The molecule has 1 saturated heterocycles. The molecule has 0 radical (unpaired) electrons. The summed E-state index contributed by atoms with van der Waals surface area (Å²) < 4.78 is 0. The summed E-state index contributed by atoms with van der Waals surface area (Å²) >= 11 is 0. The molecule has 4 nitrogen and oxygen atoms in total. The zero-order chi connectivity index (χ0) is 20.0. The molecule has 2 aromatic carbocycles. The summed E-state index contributed by atoms with van der Waals surface area (Å²) in [6.45, 7) is 1.60. The number of nitrogens with zero attached hydrogens (tertiary/aromatic N) is 1. The number of aryl methyl sites for hydroxylation is 1. The highest BCUT2D eigenvalue weighted by Crippen LogP contribution is 2.62. The molecule has 1 aliphatic heterocycles. The average molecular weight is 389 g/mol. The first-order valence-electron chi connectivity index (χ1n) is 10.8. The van der Waals surface area contributed by atoms with Crippen molar-refractivity contribution in [2.24, 2.45) is 11.8 Å². The Morgan fingerprint density at radius 2 is 1.76 bits per heavy atom. The minimum Gasteiger partial charge on any atom is -0.478 e. The number of rotatable bonds is 4. The summed E-state index contributed by atoms with van der Waals surface area (Å²) in [6.07, 6.45) is 5.92. The molecule has 1 N–H and O–H groups in total. The molecule has 2 aliphatic carbocycles. The van der Waals surface area contributed by atoms with Crippen molar-refractivity contribution in [3.63, 3.8) is 0 Å². The minimum absolute atomic E-state index is 0.116. The highest BCUT2D eigenvalue weighted by Gasteiger charge is 2.62. The maximum Gasteiger partial charge on any atom is 0.335 e. The highest BCUT2D eigenvalue weighted by molar-refractivity contribution is 5.89. The topological polar surface area (TPSA) is 57.6 Å². The van der Waals surface area contributed by atoms with Gasteiger partial charge in [-0.3, -0.25) is 4.79 Å². The lowest BCUT2D eigenvalue weighted by Crippen LogP contribution is -2.40. The summed E-state index contributed by atoms with van der Waals surface area (Å²) in [5.41, 5.74) is 4.28. The fourth-order valence-electron chi connectivity index (χ4n) is 5.72. The second kappa shape index (κ2) is 7.01. The molecular formula is C25H27NO3. The van der Waals surface area contributed by atoms with E-state index in [-0.39, 0.29) is 11.3 Å². The van der Waals surface area contributed by atoms with Crippen molar-refractivity contribution in [1.29, 1.82) is 0 Å². The number of amides is 1. The Morgan fingerprint density at radius 3 is 2.55 bits per heavy atom. The van der Waals surface area contributed by atoms with Crippen molar-refractivity contribution in [2.75, 3.05) is 13.1 Å². The molecule has 5 rings (SSSR count). The van der Waals surface area contributed by atoms with E-state index in [1.165, 1.54) is 11.1 Å². The Morgan fingerprint density at radius 1 is 1.03 bits per heavy atom. The van der Waals surface area contributed by atoms with Gasteiger partial charge in [0, 0.05) is 24.4 Å². The van der Waals surface area contributed by atoms with Gasteiger partial charge < -0.3 is 10.0 Å². The number of fused-ring (bicyclic) bond motifs is 2. The van der Waals surface area contributed by atoms with Gasteiger partial charge in [-0.1, -0.05) is 42.5 Å². The highest BCUT2D eigenvalue weighted by atomic mass is 16.4. The molecule has 1 heterocycles. The van der Waals surface area contributed by atoms with E-state index in [1.54, 1.807) is 12.1 Å². The molecule has 1 amide bonds. The summed E-state index contributed by atoms with van der Waals surface area (Å²) in [5.74, 6) is 0.0885. The van der Waals surface area contributed by atoms with E-state index in [9.17, 15) is 14.7 Å². The second-order valence-electron chi connectivity index (χ2n) is 9.01. The third kappa shape index (κ3) is 3.15. The summed E-state index contributed by atoms with van der Waals surface area (Å²) in [6, 6.07) is 15.9. The van der Waals surface area contributed by atoms with Gasteiger partial charge >= 0.3 is 5.97 Å². The first-order valence-corrected chi connectivity index (χ1v) is 10.8. The van der Waals surface area contributed by atoms with Gasteiger partial charge in [0.1, 0.15) is 0 Å². The van der Waals surface area contributed by atoms with Gasteiger partial charge in [0.15, 0.2) is 0 Å². The molecule has 2 aromatic rings. The normalized spacial score (nSPS) is 25.8. The Bertz CT molecular complexity index is 960. The maximum absolute atomic E-state index is 13.2. The van der Waals surface area contributed by atoms with Crippen molar-refractivity contribution in [2.45, 2.75) is 43.9 Å². The van der Waals surface area contributed by atoms with E-state index >= 15 is 0 Å². The van der Waals surface area contributed by atoms with E-state index in [2.05, 4.69) is 29.2 Å². The second-order valence-corrected chi connectivity index (χ2v) is 9.01. The molecule has 2 atom stereocenters. The fourth-order valence-corrected chi connectivity index (χ4v) is 5.72. The zero-order valence-electron chi connectivity index (χ0n) is 16.6. The SMILES string of the molecule is O=C(O)c1ccccc1CC1CCN(C(=O)C2CC23CCc2ccccc23)CC1. The number of hydrogen-bond donors (Lipinski definition) is 1. The van der Waals surface area contributed by atoms with Crippen LogP contribution >= 0.6 is 0 Å². The minimum atomic E-state index is -0.857. The Kier molecular flexibility index (Phi) is 4.45. The molecule has 0 aromatic heterocycles. The molecule has 29 heavy (non-hydrogen) atoms. The van der Waals surface area contributed by atoms with Gasteiger partial charge in [0.05, 0.1) is 5.56 Å². The standard InChI is InChI=1S/C25H27NO3/c27-23(22-16-25(22)12-9-18-5-2-4-8-21(18)25)26-13-10-17(11-14-26)15-19-6-1-3-7-20(19)24(28)29/h1-8,17,22H,9-16H2,(H,28,29). The number of aromatic carboxylic acids is 1. The first-order chi connectivity index (χ1) is 14.1. The van der Waals surface area contributed by atoms with E-state index in [1.807, 2.05) is 12.1 Å². The number of piperidine rings is 1. The number of carboxylic acids is 1. The van der Waals surface area contributed by atoms with Crippen LogP contribution in [0, 0.1) is 11.8 Å². The number of carboxylic acid groups (broad SMARTS) is 1. The number of benzene rings is 2. The number of likely N-dealkylation sites (tertiary alicyclic amines) is 1. The van der Waals surface area contributed by atoms with Gasteiger partial charge in [0.25, 0.3) is 0 Å². The smallest absolute Gasteiger partial charge is 0.335 e. The Balaban J connectivity index is 1.20. The van der Waals surface area contributed by atoms with Crippen molar-refractivity contribution in [3.05, 3.63) is 70.8 Å². The van der Waals surface area contributed by atoms with Crippen molar-refractivity contribution in [3.8, 4) is 0 Å². The van der Waals surface area contributed by atoms with Crippen LogP contribution in [0.1, 0.15) is 52.7 Å². The Hall–Kier alpha value is -2.62. The summed E-state index contributed by atoms with van der Waals surface area (Å²) in [5, 5.41) is 9.40. The van der Waals surface area contributed by atoms with Gasteiger partial charge in [0.2, 0.25) is 5.91 Å². The van der Waals surface area contributed by atoms with Crippen LogP contribution in [0.2, 0.25) is 0 Å². The van der Waals surface area contributed by atoms with E-state index in [0.29, 0.717) is 17.4 Å². The lowest BCUT2D eigenvalue weighted by molar-refractivity contribution is -0.134. The van der Waals surface area contributed by atoms with E-state index in [0.717, 1.165) is 57.2 Å². The lowest BCUT2D eigenvalue weighted by atomic mass is 9.88. The van der Waals surface area contributed by atoms with Crippen LogP contribution in [0.5, 0.6) is 0 Å². The predicted octanol–water partition coefficient (Wildman–Crippen LogP) is 4.07. The van der Waals surface area contributed by atoms with Gasteiger partial charge in [-0.25, -0.2) is 4.79 Å². The third-order valence-electron chi connectivity index (χ3n) is 7.45. The van der Waals surface area contributed by atoms with Crippen LogP contribution in [0.15, 0.2) is 48.5 Å². The molecular weight excluding hydrogens is 362 g/mol. The monoisotopic (exact) mass is 389 g/mol. The lowest BCUT2D eigenvalue weighted by Gasteiger charge is -2.33. The summed E-state index contributed by atoms with van der Waals surface area (Å²) in [7, 11) is 0. The van der Waals surface area contributed by atoms with Gasteiger partial charge in [-0.15, -0.1) is 0 Å². The van der Waals surface area contributed by atoms with Crippen LogP contribution in [-0.2, 0) is 23.1 Å². The number of carbonyl (C=O) groups is 2. The molecule has 1 spiro atoms. The molecule has 0 bridgehead atoms. The van der Waals surface area contributed by atoms with Gasteiger partial charge in [-0.05, 0) is 67.2 Å². The average Bonchev–Trinajstić information content (AvgIpc) is 3.36. The van der Waals surface area contributed by atoms with Gasteiger partial charge in [-0.2, -0.15) is 0 Å². The van der Waals surface area contributed by atoms with E-state index in [4.69, 9.17) is 0 Å². The van der Waals surface area contributed by atoms with Crippen LogP contribution < -0.4 is 0 Å². The van der Waals surface area contributed by atoms with Crippen LogP contribution in [0.25, 0.3) is 0 Å². The number of carbonyl (C=O) groups excluding carboxylic acids is 1. The van der Waals surface area contributed by atoms with E-state index < -0.39 is 5.97 Å². The van der Waals surface area contributed by atoms with Crippen LogP contribution in [0.3, 0.4) is 0 Å². The quantitative estimate of drug-likeness (QED) is 0.858. The van der Waals surface area contributed by atoms with Crippen LogP contribution in [-0.4, -0.2) is 35.0 Å². The zero-order valence-corrected chi connectivity index (χ0v) is 16.6. The predicted molar refractivity (Wildman–Crippen MR) is 111 cm³/mol. The molecule has 150 valence electrons. The van der Waals surface area contributed by atoms with Crippen molar-refractivity contribution in [1.82, 2.24) is 4.90 Å². The Labute approximate surface area is 171 Å². The maximum atomic E-state index is 13.2. The third-order valence-corrected chi connectivity index (χ3v) is 7.45. The molecule has 1 saturated carbocycles. The fraction of sp³-hybridized carbons (Fsp3) is 0.440. The molecule has 2 unspecified atom stereocenters. The molecule has 2 fully saturated rings. The summed E-state index contributed by atoms with van der Waals surface area (Å²) in [4.78, 5) is 26.7. The molecule has 3 aliphatic rings.